The summed E-state index contributed by atoms with van der Waals surface area (Å²) in [6.07, 6.45) is 0. The molecule has 0 radical (unpaired) electrons. The highest BCUT2D eigenvalue weighted by atomic mass is 19.1. The van der Waals surface area contributed by atoms with Crippen molar-refractivity contribution < 1.29 is 23.5 Å². The van der Waals surface area contributed by atoms with Crippen LogP contribution < -0.4 is 10.6 Å². The minimum atomic E-state index is -0.622. The third-order valence-corrected chi connectivity index (χ3v) is 3.92. The average Bonchev–Trinajstić information content (AvgIpc) is 2.71. The van der Waals surface area contributed by atoms with Crippen molar-refractivity contribution in [2.24, 2.45) is 0 Å². The van der Waals surface area contributed by atoms with Crippen LogP contribution in [0.4, 0.5) is 10.1 Å². The van der Waals surface area contributed by atoms with Crippen molar-refractivity contribution in [1.82, 2.24) is 5.32 Å². The predicted molar refractivity (Wildman–Crippen MR) is 102 cm³/mol. The molecule has 0 aliphatic carbocycles. The number of carbonyl (C=O) groups is 3. The molecule has 0 aliphatic rings. The molecule has 3 rings (SSSR count). The number of esters is 1. The molecule has 0 unspecified atom stereocenters. The maximum atomic E-state index is 12.8. The van der Waals surface area contributed by atoms with E-state index >= 15 is 0 Å². The Bertz CT molecular complexity index is 1010. The van der Waals surface area contributed by atoms with Gasteiger partial charge in [-0.1, -0.05) is 36.4 Å². The number of hydrogen-bond acceptors (Lipinski definition) is 4. The first-order valence-corrected chi connectivity index (χ1v) is 8.50. The second-order valence-electron chi connectivity index (χ2n) is 5.93. The lowest BCUT2D eigenvalue weighted by atomic mass is 10.1. The Morgan fingerprint density at radius 3 is 2.36 bits per heavy atom. The molecule has 2 N–H and O–H groups in total. The fourth-order valence-electron chi connectivity index (χ4n) is 2.58. The second kappa shape index (κ2) is 8.77. The summed E-state index contributed by atoms with van der Waals surface area (Å²) in [4.78, 5) is 35.9. The first-order valence-electron chi connectivity index (χ1n) is 8.50. The number of rotatable bonds is 6. The molecular formula is C21H17FN2O4. The number of carbonyl (C=O) groups excluding carboxylic acids is 3. The molecule has 0 saturated heterocycles. The fraction of sp³-hybridized carbons (Fsp3) is 0.0952. The molecule has 7 heteroatoms. The van der Waals surface area contributed by atoms with E-state index in [2.05, 4.69) is 10.6 Å². The number of anilines is 1. The molecule has 0 fully saturated rings. The number of nitrogens with one attached hydrogen (secondary N) is 2. The van der Waals surface area contributed by atoms with Crippen LogP contribution in [0.5, 0.6) is 0 Å². The van der Waals surface area contributed by atoms with E-state index < -0.39 is 30.2 Å². The molecule has 0 spiro atoms. The van der Waals surface area contributed by atoms with Crippen LogP contribution in [-0.2, 0) is 14.3 Å². The van der Waals surface area contributed by atoms with Crippen molar-refractivity contribution in [1.29, 1.82) is 0 Å². The summed E-state index contributed by atoms with van der Waals surface area (Å²) in [6.45, 7) is -0.812. The van der Waals surface area contributed by atoms with Gasteiger partial charge in [0.15, 0.2) is 6.61 Å². The van der Waals surface area contributed by atoms with Gasteiger partial charge in [0, 0.05) is 5.69 Å². The standard InChI is InChI=1S/C21H17FN2O4/c22-15-8-10-16(11-9-15)24-19(25)12-23-20(26)13-28-21(27)18-7-3-5-14-4-1-2-6-17(14)18/h1-11H,12-13H2,(H,23,26)(H,24,25). The maximum absolute atomic E-state index is 12.8. The van der Waals surface area contributed by atoms with Gasteiger partial charge in [-0.2, -0.15) is 0 Å². The third kappa shape index (κ3) is 4.91. The molecule has 142 valence electrons. The van der Waals surface area contributed by atoms with E-state index in [9.17, 15) is 18.8 Å². The molecule has 6 nitrogen and oxygen atoms in total. The summed E-state index contributed by atoms with van der Waals surface area (Å²) in [7, 11) is 0. The van der Waals surface area contributed by atoms with Gasteiger partial charge in [0.1, 0.15) is 5.82 Å². The van der Waals surface area contributed by atoms with Gasteiger partial charge in [-0.3, -0.25) is 9.59 Å². The van der Waals surface area contributed by atoms with Crippen LogP contribution in [0.25, 0.3) is 10.8 Å². The number of amides is 2. The highest BCUT2D eigenvalue weighted by molar-refractivity contribution is 6.05. The summed E-state index contributed by atoms with van der Waals surface area (Å²) in [5.74, 6) is -2.13. The van der Waals surface area contributed by atoms with E-state index in [1.807, 2.05) is 24.3 Å². The molecule has 3 aromatic carbocycles. The molecular weight excluding hydrogens is 363 g/mol. The van der Waals surface area contributed by atoms with Crippen LogP contribution >= 0.6 is 0 Å². The lowest BCUT2D eigenvalue weighted by Gasteiger charge is -2.09. The van der Waals surface area contributed by atoms with Gasteiger partial charge in [-0.05, 0) is 41.1 Å². The minimum Gasteiger partial charge on any atom is -0.452 e. The highest BCUT2D eigenvalue weighted by Gasteiger charge is 2.13. The van der Waals surface area contributed by atoms with Crippen LogP contribution in [0, 0.1) is 5.82 Å². The zero-order valence-corrected chi connectivity index (χ0v) is 14.8. The van der Waals surface area contributed by atoms with E-state index in [0.717, 1.165) is 10.8 Å². The largest absolute Gasteiger partial charge is 0.452 e. The highest BCUT2D eigenvalue weighted by Crippen LogP contribution is 2.19. The molecule has 2 amide bonds. The average molecular weight is 380 g/mol. The van der Waals surface area contributed by atoms with Gasteiger partial charge in [0.2, 0.25) is 5.91 Å². The topological polar surface area (TPSA) is 84.5 Å². The normalized spacial score (nSPS) is 10.3. The Labute approximate surface area is 160 Å². The minimum absolute atomic E-state index is 0.304. The van der Waals surface area contributed by atoms with E-state index in [4.69, 9.17) is 4.74 Å². The number of halogens is 1. The van der Waals surface area contributed by atoms with Crippen molar-refractivity contribution in [2.75, 3.05) is 18.5 Å². The lowest BCUT2D eigenvalue weighted by molar-refractivity contribution is -0.126. The first-order chi connectivity index (χ1) is 13.5. The number of hydrogen-bond donors (Lipinski definition) is 2. The summed E-state index contributed by atoms with van der Waals surface area (Å²) >= 11 is 0. The zero-order chi connectivity index (χ0) is 19.9. The van der Waals surface area contributed by atoms with Gasteiger partial charge in [-0.25, -0.2) is 9.18 Å². The monoisotopic (exact) mass is 380 g/mol. The van der Waals surface area contributed by atoms with E-state index in [1.165, 1.54) is 24.3 Å². The van der Waals surface area contributed by atoms with Crippen LogP contribution in [0.3, 0.4) is 0 Å². The number of ether oxygens (including phenoxy) is 1. The summed E-state index contributed by atoms with van der Waals surface area (Å²) in [6, 6.07) is 17.8. The molecule has 0 aromatic heterocycles. The van der Waals surface area contributed by atoms with Gasteiger partial charge in [-0.15, -0.1) is 0 Å². The molecule has 0 atom stereocenters. The van der Waals surface area contributed by atoms with E-state index in [-0.39, 0.29) is 6.54 Å². The Balaban J connectivity index is 1.48. The molecule has 0 bridgehead atoms. The Hall–Kier alpha value is -3.74. The third-order valence-electron chi connectivity index (χ3n) is 3.92. The fourth-order valence-corrected chi connectivity index (χ4v) is 2.58. The number of fused-ring (bicyclic) bond motifs is 1. The smallest absolute Gasteiger partial charge is 0.339 e. The van der Waals surface area contributed by atoms with Gasteiger partial charge in [0.25, 0.3) is 5.91 Å². The molecule has 0 saturated carbocycles. The van der Waals surface area contributed by atoms with Crippen LogP contribution in [-0.4, -0.2) is 30.9 Å². The zero-order valence-electron chi connectivity index (χ0n) is 14.8. The van der Waals surface area contributed by atoms with Crippen molar-refractivity contribution in [3.8, 4) is 0 Å². The second-order valence-corrected chi connectivity index (χ2v) is 5.93. The van der Waals surface area contributed by atoms with Gasteiger partial charge < -0.3 is 15.4 Å². The van der Waals surface area contributed by atoms with E-state index in [1.54, 1.807) is 18.2 Å². The Kier molecular flexibility index (Phi) is 5.96. The lowest BCUT2D eigenvalue weighted by Crippen LogP contribution is -2.35. The first kappa shape index (κ1) is 19.0. The van der Waals surface area contributed by atoms with Gasteiger partial charge >= 0.3 is 5.97 Å². The maximum Gasteiger partial charge on any atom is 0.339 e. The molecule has 3 aromatic rings. The quantitative estimate of drug-likeness (QED) is 0.644. The van der Waals surface area contributed by atoms with Crippen molar-refractivity contribution in [2.45, 2.75) is 0 Å². The molecule has 28 heavy (non-hydrogen) atoms. The number of benzene rings is 3. The van der Waals surface area contributed by atoms with Crippen LogP contribution in [0.1, 0.15) is 10.4 Å². The molecule has 0 aliphatic heterocycles. The summed E-state index contributed by atoms with van der Waals surface area (Å²) in [5.41, 5.74) is 0.767. The molecule has 0 heterocycles. The Morgan fingerprint density at radius 2 is 1.57 bits per heavy atom. The Morgan fingerprint density at radius 1 is 0.857 bits per heavy atom. The van der Waals surface area contributed by atoms with Crippen molar-refractivity contribution in [3.63, 3.8) is 0 Å². The van der Waals surface area contributed by atoms with Gasteiger partial charge in [0.05, 0.1) is 12.1 Å². The van der Waals surface area contributed by atoms with Crippen molar-refractivity contribution >= 4 is 34.2 Å². The SMILES string of the molecule is O=C(COC(=O)c1cccc2ccccc12)NCC(=O)Nc1ccc(F)cc1. The van der Waals surface area contributed by atoms with Crippen molar-refractivity contribution in [3.05, 3.63) is 78.1 Å². The van der Waals surface area contributed by atoms with Crippen LogP contribution in [0.15, 0.2) is 66.7 Å². The summed E-state index contributed by atoms with van der Waals surface area (Å²) < 4.78 is 17.9. The van der Waals surface area contributed by atoms with Crippen LogP contribution in [0.2, 0.25) is 0 Å². The predicted octanol–water partition coefficient (Wildman–Crippen LogP) is 2.89. The summed E-state index contributed by atoms with van der Waals surface area (Å²) in [5, 5.41) is 6.48. The van der Waals surface area contributed by atoms with E-state index in [0.29, 0.717) is 11.3 Å².